The molecule has 0 N–H and O–H groups in total. The van der Waals surface area contributed by atoms with Crippen LogP contribution in [-0.4, -0.2) is 41.7 Å². The van der Waals surface area contributed by atoms with Gasteiger partial charge in [-0.05, 0) is 76.2 Å². The van der Waals surface area contributed by atoms with Gasteiger partial charge in [0.2, 0.25) is 0 Å². The van der Waals surface area contributed by atoms with Gasteiger partial charge in [-0.25, -0.2) is 0 Å². The molecule has 148 valence electrons. The van der Waals surface area contributed by atoms with Gasteiger partial charge in [0.1, 0.15) is 0 Å². The SMILES string of the molecule is CC1CCCCN1C(=O)c1cccc2c(B3OC(C)(C)C(C)(C)O3)cccc12. The number of carbonyl (C=O) groups excluding carboxylic acids is 1. The molecule has 4 nitrogen and oxygen atoms in total. The normalized spacial score (nSPS) is 24.0. The lowest BCUT2D eigenvalue weighted by molar-refractivity contribution is 0.00578. The fraction of sp³-hybridized carbons (Fsp3) is 0.522. The van der Waals surface area contributed by atoms with Crippen LogP contribution in [0.4, 0.5) is 0 Å². The van der Waals surface area contributed by atoms with Crippen LogP contribution in [0.15, 0.2) is 36.4 Å². The molecule has 0 aliphatic carbocycles. The summed E-state index contributed by atoms with van der Waals surface area (Å²) >= 11 is 0. The van der Waals surface area contributed by atoms with E-state index in [9.17, 15) is 4.79 Å². The average Bonchev–Trinajstić information content (AvgIpc) is 2.88. The van der Waals surface area contributed by atoms with Crippen LogP contribution in [0.3, 0.4) is 0 Å². The summed E-state index contributed by atoms with van der Waals surface area (Å²) < 4.78 is 12.5. The van der Waals surface area contributed by atoms with Gasteiger partial charge in [0, 0.05) is 18.2 Å². The molecular formula is C23H30BNO3. The molecule has 1 atom stereocenters. The zero-order chi connectivity index (χ0) is 20.1. The van der Waals surface area contributed by atoms with Crippen molar-refractivity contribution in [3.05, 3.63) is 42.0 Å². The molecule has 0 radical (unpaired) electrons. The molecule has 28 heavy (non-hydrogen) atoms. The maximum absolute atomic E-state index is 13.3. The summed E-state index contributed by atoms with van der Waals surface area (Å²) in [7, 11) is -0.437. The first-order chi connectivity index (χ1) is 13.2. The Labute approximate surface area is 168 Å². The van der Waals surface area contributed by atoms with Crippen LogP contribution >= 0.6 is 0 Å². The van der Waals surface area contributed by atoms with E-state index >= 15 is 0 Å². The number of hydrogen-bond donors (Lipinski definition) is 0. The van der Waals surface area contributed by atoms with Crippen molar-refractivity contribution in [1.29, 1.82) is 0 Å². The Morgan fingerprint density at radius 3 is 2.32 bits per heavy atom. The fourth-order valence-electron chi connectivity index (χ4n) is 4.25. The highest BCUT2D eigenvalue weighted by molar-refractivity contribution is 6.65. The zero-order valence-electron chi connectivity index (χ0n) is 17.6. The van der Waals surface area contributed by atoms with Gasteiger partial charge in [0.05, 0.1) is 11.2 Å². The topological polar surface area (TPSA) is 38.8 Å². The minimum Gasteiger partial charge on any atom is -0.399 e. The van der Waals surface area contributed by atoms with E-state index in [1.54, 1.807) is 0 Å². The minimum absolute atomic E-state index is 0.129. The summed E-state index contributed by atoms with van der Waals surface area (Å²) in [6, 6.07) is 12.3. The molecule has 2 aromatic carbocycles. The molecule has 2 heterocycles. The molecule has 1 amide bonds. The van der Waals surface area contributed by atoms with E-state index in [2.05, 4.69) is 40.7 Å². The van der Waals surface area contributed by atoms with Crippen LogP contribution in [0.5, 0.6) is 0 Å². The summed E-state index contributed by atoms with van der Waals surface area (Å²) in [5, 5.41) is 1.99. The third-order valence-corrected chi connectivity index (χ3v) is 6.76. The van der Waals surface area contributed by atoms with Crippen LogP contribution in [0.2, 0.25) is 0 Å². The van der Waals surface area contributed by atoms with Gasteiger partial charge in [0.15, 0.2) is 0 Å². The van der Waals surface area contributed by atoms with Crippen molar-refractivity contribution in [3.8, 4) is 0 Å². The van der Waals surface area contributed by atoms with Crippen molar-refractivity contribution in [1.82, 2.24) is 4.90 Å². The van der Waals surface area contributed by atoms with E-state index < -0.39 is 18.3 Å². The lowest BCUT2D eigenvalue weighted by atomic mass is 9.75. The number of hydrogen-bond acceptors (Lipinski definition) is 3. The molecule has 2 aromatic rings. The number of fused-ring (bicyclic) bond motifs is 1. The number of benzene rings is 2. The van der Waals surface area contributed by atoms with Crippen molar-refractivity contribution in [2.24, 2.45) is 0 Å². The third-order valence-electron chi connectivity index (χ3n) is 6.76. The second kappa shape index (κ2) is 6.89. The monoisotopic (exact) mass is 379 g/mol. The first-order valence-electron chi connectivity index (χ1n) is 10.4. The lowest BCUT2D eigenvalue weighted by Gasteiger charge is -2.33. The van der Waals surface area contributed by atoms with E-state index in [0.717, 1.165) is 41.2 Å². The van der Waals surface area contributed by atoms with Crippen molar-refractivity contribution in [2.75, 3.05) is 6.54 Å². The van der Waals surface area contributed by atoms with Crippen molar-refractivity contribution in [3.63, 3.8) is 0 Å². The Bertz CT molecular complexity index is 892. The number of nitrogens with zero attached hydrogens (tertiary/aromatic N) is 1. The Kier molecular flexibility index (Phi) is 4.79. The molecule has 2 fully saturated rings. The lowest BCUT2D eigenvalue weighted by Crippen LogP contribution is -2.42. The zero-order valence-corrected chi connectivity index (χ0v) is 17.6. The average molecular weight is 379 g/mol. The van der Waals surface area contributed by atoms with Gasteiger partial charge in [-0.15, -0.1) is 0 Å². The van der Waals surface area contributed by atoms with Gasteiger partial charge in [-0.2, -0.15) is 0 Å². The van der Waals surface area contributed by atoms with E-state index in [4.69, 9.17) is 9.31 Å². The van der Waals surface area contributed by atoms with Crippen LogP contribution < -0.4 is 5.46 Å². The van der Waals surface area contributed by atoms with Crippen LogP contribution in [0.1, 0.15) is 64.2 Å². The van der Waals surface area contributed by atoms with Crippen LogP contribution in [0, 0.1) is 0 Å². The summed E-state index contributed by atoms with van der Waals surface area (Å²) in [6.45, 7) is 11.2. The van der Waals surface area contributed by atoms with E-state index in [-0.39, 0.29) is 5.91 Å². The van der Waals surface area contributed by atoms with Gasteiger partial charge < -0.3 is 14.2 Å². The van der Waals surface area contributed by atoms with Crippen LogP contribution in [0.25, 0.3) is 10.8 Å². The number of carbonyl (C=O) groups is 1. The maximum atomic E-state index is 13.3. The molecule has 1 unspecified atom stereocenters. The van der Waals surface area contributed by atoms with Crippen LogP contribution in [-0.2, 0) is 9.31 Å². The molecule has 0 spiro atoms. The van der Waals surface area contributed by atoms with Crippen molar-refractivity contribution in [2.45, 2.75) is 71.1 Å². The second-order valence-corrected chi connectivity index (χ2v) is 9.18. The highest BCUT2D eigenvalue weighted by atomic mass is 16.7. The Balaban J connectivity index is 1.75. The molecule has 0 saturated carbocycles. The molecule has 2 saturated heterocycles. The van der Waals surface area contributed by atoms with Crippen molar-refractivity contribution >= 4 is 29.3 Å². The molecule has 0 aromatic heterocycles. The molecular weight excluding hydrogens is 349 g/mol. The number of piperidine rings is 1. The summed E-state index contributed by atoms with van der Waals surface area (Å²) in [5.41, 5.74) is 0.967. The smallest absolute Gasteiger partial charge is 0.399 e. The largest absolute Gasteiger partial charge is 0.495 e. The third kappa shape index (κ3) is 3.15. The first-order valence-corrected chi connectivity index (χ1v) is 10.4. The Hall–Kier alpha value is -1.85. The molecule has 4 rings (SSSR count). The Morgan fingerprint density at radius 1 is 1.00 bits per heavy atom. The predicted molar refractivity (Wildman–Crippen MR) is 114 cm³/mol. The first kappa shape index (κ1) is 19.5. The predicted octanol–water partition coefficient (Wildman–Crippen LogP) is 4.15. The summed E-state index contributed by atoms with van der Waals surface area (Å²) in [4.78, 5) is 15.4. The van der Waals surface area contributed by atoms with Gasteiger partial charge in [0.25, 0.3) is 5.91 Å². The van der Waals surface area contributed by atoms with E-state index in [1.165, 1.54) is 6.42 Å². The summed E-state index contributed by atoms with van der Waals surface area (Å²) in [5.74, 6) is 0.129. The fourth-order valence-corrected chi connectivity index (χ4v) is 4.25. The van der Waals surface area contributed by atoms with Gasteiger partial charge >= 0.3 is 7.12 Å². The number of likely N-dealkylation sites (tertiary alicyclic amines) is 1. The molecule has 2 aliphatic heterocycles. The number of amides is 1. The van der Waals surface area contributed by atoms with E-state index in [0.29, 0.717) is 6.04 Å². The highest BCUT2D eigenvalue weighted by Gasteiger charge is 2.52. The molecule has 0 bridgehead atoms. The molecule has 5 heteroatoms. The maximum Gasteiger partial charge on any atom is 0.495 e. The highest BCUT2D eigenvalue weighted by Crippen LogP contribution is 2.37. The summed E-state index contributed by atoms with van der Waals surface area (Å²) in [6.07, 6.45) is 3.36. The molecule has 2 aliphatic rings. The second-order valence-electron chi connectivity index (χ2n) is 9.18. The van der Waals surface area contributed by atoms with E-state index in [1.807, 2.05) is 35.2 Å². The minimum atomic E-state index is -0.437. The Morgan fingerprint density at radius 2 is 1.64 bits per heavy atom. The van der Waals surface area contributed by atoms with Gasteiger partial charge in [-0.1, -0.05) is 30.3 Å². The van der Waals surface area contributed by atoms with Crippen molar-refractivity contribution < 1.29 is 14.1 Å². The standard InChI is InChI=1S/C23H30BNO3/c1-16-10-6-7-15-25(16)21(26)19-13-8-12-18-17(19)11-9-14-20(18)24-27-22(2,3)23(4,5)28-24/h8-9,11-14,16H,6-7,10,15H2,1-5H3. The number of rotatable bonds is 2. The van der Waals surface area contributed by atoms with Gasteiger partial charge in [-0.3, -0.25) is 4.79 Å². The quantitative estimate of drug-likeness (QED) is 0.736.